The molecule has 3 aromatic carbocycles. The second-order valence-corrected chi connectivity index (χ2v) is 8.65. The molecule has 0 spiro atoms. The summed E-state index contributed by atoms with van der Waals surface area (Å²) in [6.07, 6.45) is 3.23. The smallest absolute Gasteiger partial charge is 0.294 e. The fourth-order valence-electron chi connectivity index (χ4n) is 3.39. The Hall–Kier alpha value is -4.25. The minimum Gasteiger partial charge on any atom is -0.439 e. The molecule has 1 aromatic heterocycles. The number of alkyl halides is 2. The number of hydrogen-bond acceptors (Lipinski definition) is 5. The van der Waals surface area contributed by atoms with Gasteiger partial charge in [0.25, 0.3) is 11.8 Å². The van der Waals surface area contributed by atoms with Gasteiger partial charge >= 0.3 is 0 Å². The van der Waals surface area contributed by atoms with E-state index in [1.165, 1.54) is 24.6 Å². The van der Waals surface area contributed by atoms with Gasteiger partial charge in [0.05, 0.1) is 5.56 Å². The zero-order valence-corrected chi connectivity index (χ0v) is 19.6. The van der Waals surface area contributed by atoms with Crippen molar-refractivity contribution in [2.24, 2.45) is 0 Å². The van der Waals surface area contributed by atoms with Crippen LogP contribution in [0.4, 0.5) is 24.8 Å². The first-order valence-corrected chi connectivity index (χ1v) is 12.0. The van der Waals surface area contributed by atoms with E-state index in [0.717, 1.165) is 12.1 Å². The van der Waals surface area contributed by atoms with Gasteiger partial charge < -0.3 is 10.1 Å². The lowest BCUT2D eigenvalue weighted by molar-refractivity contribution is 0.0485. The van der Waals surface area contributed by atoms with Crippen molar-refractivity contribution < 1.29 is 26.9 Å². The van der Waals surface area contributed by atoms with Crippen LogP contribution in [-0.4, -0.2) is 26.3 Å². The van der Waals surface area contributed by atoms with Gasteiger partial charge in [0.1, 0.15) is 22.6 Å². The molecule has 7 nitrogen and oxygen atoms in total. The van der Waals surface area contributed by atoms with Crippen molar-refractivity contribution in [3.63, 3.8) is 0 Å². The maximum atomic E-state index is 14.0. The molecule has 1 unspecified atom stereocenters. The Balaban J connectivity index is 1.58. The standard InChI is InChI=1S/C25H19F3N4O3S/c1-3-25(27,28)20-14-16(7-10-21(20)26)30-23(33)19-6-4-5-15-13-17(8-9-18(15)19)35-22-11-12-29-24(31-22)32-36(2)34/h3-14H,1H2,2H3,(H,30,33)(H,29,31,32). The molecule has 0 saturated carbocycles. The van der Waals surface area contributed by atoms with E-state index in [-0.39, 0.29) is 23.1 Å². The number of carbonyl (C=O) groups excluding carboxylic acids is 1. The van der Waals surface area contributed by atoms with Gasteiger partial charge in [0.15, 0.2) is 0 Å². The van der Waals surface area contributed by atoms with Crippen molar-refractivity contribution in [2.75, 3.05) is 16.3 Å². The first-order valence-electron chi connectivity index (χ1n) is 10.4. The highest BCUT2D eigenvalue weighted by Gasteiger charge is 2.31. The molecule has 0 aliphatic rings. The van der Waals surface area contributed by atoms with E-state index < -0.39 is 34.2 Å². The zero-order chi connectivity index (χ0) is 25.9. The highest BCUT2D eigenvalue weighted by Crippen LogP contribution is 2.33. The molecule has 0 radical (unpaired) electrons. The normalized spacial score (nSPS) is 12.1. The molecule has 4 aromatic rings. The molecule has 11 heteroatoms. The highest BCUT2D eigenvalue weighted by molar-refractivity contribution is 7.85. The summed E-state index contributed by atoms with van der Waals surface area (Å²) in [5.74, 6) is -4.47. The summed E-state index contributed by atoms with van der Waals surface area (Å²) >= 11 is 0. The molecule has 0 aliphatic carbocycles. The topological polar surface area (TPSA) is 93.2 Å². The maximum Gasteiger partial charge on any atom is 0.294 e. The van der Waals surface area contributed by atoms with Gasteiger partial charge in [-0.25, -0.2) is 13.6 Å². The van der Waals surface area contributed by atoms with E-state index >= 15 is 0 Å². The predicted octanol–water partition coefficient (Wildman–Crippen LogP) is 5.80. The molecular formula is C25H19F3N4O3S. The number of hydrogen-bond donors (Lipinski definition) is 2. The van der Waals surface area contributed by atoms with Gasteiger partial charge in [-0.05, 0) is 59.3 Å². The van der Waals surface area contributed by atoms with Crippen molar-refractivity contribution in [3.05, 3.63) is 96.5 Å². The van der Waals surface area contributed by atoms with Gasteiger partial charge in [0, 0.05) is 29.8 Å². The Bertz CT molecular complexity index is 1500. The fourth-order valence-corrected chi connectivity index (χ4v) is 3.74. The second-order valence-electron chi connectivity index (χ2n) is 7.54. The van der Waals surface area contributed by atoms with Crippen LogP contribution >= 0.6 is 0 Å². The molecule has 4 rings (SSSR count). The van der Waals surface area contributed by atoms with Crippen LogP contribution in [0.1, 0.15) is 15.9 Å². The van der Waals surface area contributed by atoms with E-state index in [1.54, 1.807) is 36.4 Å². The van der Waals surface area contributed by atoms with Crippen LogP contribution < -0.4 is 14.8 Å². The minimum atomic E-state index is -3.59. The Labute approximate surface area is 206 Å². The third-order valence-corrected chi connectivity index (χ3v) is 5.49. The predicted molar refractivity (Wildman–Crippen MR) is 132 cm³/mol. The number of amides is 1. The lowest BCUT2D eigenvalue weighted by Gasteiger charge is -2.15. The van der Waals surface area contributed by atoms with Crippen LogP contribution in [-0.2, 0) is 16.9 Å². The monoisotopic (exact) mass is 512 g/mol. The average Bonchev–Trinajstić information content (AvgIpc) is 2.84. The first-order chi connectivity index (χ1) is 17.2. The third kappa shape index (κ3) is 5.52. The number of rotatable bonds is 8. The summed E-state index contributed by atoms with van der Waals surface area (Å²) in [4.78, 5) is 21.0. The van der Waals surface area contributed by atoms with Crippen LogP contribution in [0.15, 0.2) is 79.5 Å². The van der Waals surface area contributed by atoms with E-state index in [2.05, 4.69) is 26.6 Å². The Morgan fingerprint density at radius 2 is 1.94 bits per heavy atom. The van der Waals surface area contributed by atoms with Crippen LogP contribution in [0.5, 0.6) is 11.6 Å². The molecule has 0 aliphatic heterocycles. The lowest BCUT2D eigenvalue weighted by atomic mass is 10.0. The molecule has 1 atom stereocenters. The first kappa shape index (κ1) is 24.9. The van der Waals surface area contributed by atoms with E-state index in [1.807, 2.05) is 0 Å². The number of ether oxygens (including phenoxy) is 1. The number of aromatic nitrogens is 2. The molecule has 0 fully saturated rings. The van der Waals surface area contributed by atoms with Gasteiger partial charge in [-0.2, -0.15) is 13.8 Å². The molecule has 1 amide bonds. The number of nitrogens with one attached hydrogen (secondary N) is 2. The Morgan fingerprint density at radius 1 is 1.14 bits per heavy atom. The van der Waals surface area contributed by atoms with E-state index in [0.29, 0.717) is 22.6 Å². The van der Waals surface area contributed by atoms with Gasteiger partial charge in [-0.15, -0.1) is 0 Å². The molecule has 184 valence electrons. The Kier molecular flexibility index (Phi) is 7.02. The van der Waals surface area contributed by atoms with Gasteiger partial charge in [0.2, 0.25) is 11.8 Å². The van der Waals surface area contributed by atoms with Crippen LogP contribution in [0.2, 0.25) is 0 Å². The molecule has 0 bridgehead atoms. The summed E-state index contributed by atoms with van der Waals surface area (Å²) < 4.78 is 61.5. The van der Waals surface area contributed by atoms with Crippen molar-refractivity contribution in [2.45, 2.75) is 5.92 Å². The van der Waals surface area contributed by atoms with Crippen LogP contribution in [0.3, 0.4) is 0 Å². The van der Waals surface area contributed by atoms with Crippen LogP contribution in [0, 0.1) is 5.82 Å². The number of nitrogens with zero attached hydrogens (tertiary/aromatic N) is 2. The second kappa shape index (κ2) is 10.2. The van der Waals surface area contributed by atoms with Crippen molar-refractivity contribution in [1.82, 2.24) is 9.97 Å². The molecule has 2 N–H and O–H groups in total. The quantitative estimate of drug-likeness (QED) is 0.291. The minimum absolute atomic E-state index is 0.0102. The van der Waals surface area contributed by atoms with Gasteiger partial charge in [-0.3, -0.25) is 9.52 Å². The van der Waals surface area contributed by atoms with Crippen molar-refractivity contribution >= 4 is 39.3 Å². The third-order valence-electron chi connectivity index (χ3n) is 5.02. The molecule has 36 heavy (non-hydrogen) atoms. The average molecular weight is 513 g/mol. The number of anilines is 2. The van der Waals surface area contributed by atoms with Gasteiger partial charge in [-0.1, -0.05) is 18.7 Å². The molecule has 1 heterocycles. The largest absolute Gasteiger partial charge is 0.439 e. The summed E-state index contributed by atoms with van der Waals surface area (Å²) in [5, 5.41) is 3.78. The summed E-state index contributed by atoms with van der Waals surface area (Å²) in [6, 6.07) is 14.5. The number of carbonyl (C=O) groups is 1. The summed E-state index contributed by atoms with van der Waals surface area (Å²) in [6.45, 7) is 3.03. The van der Waals surface area contributed by atoms with Crippen molar-refractivity contribution in [1.29, 1.82) is 0 Å². The molecular weight excluding hydrogens is 493 g/mol. The number of benzene rings is 3. The summed E-state index contributed by atoms with van der Waals surface area (Å²) in [7, 11) is -1.35. The SMILES string of the molecule is C=CC(F)(F)c1cc(NC(=O)c2cccc3cc(Oc4ccnc(NS(C)=O)n4)ccc23)ccc1F. The van der Waals surface area contributed by atoms with Crippen LogP contribution in [0.25, 0.3) is 10.8 Å². The zero-order valence-electron chi connectivity index (χ0n) is 18.8. The van der Waals surface area contributed by atoms with Crippen molar-refractivity contribution in [3.8, 4) is 11.6 Å². The summed E-state index contributed by atoms with van der Waals surface area (Å²) in [5.41, 5.74) is -0.598. The number of halogens is 3. The van der Waals surface area contributed by atoms with E-state index in [4.69, 9.17) is 4.74 Å². The Morgan fingerprint density at radius 3 is 2.69 bits per heavy atom. The molecule has 0 saturated heterocycles. The highest BCUT2D eigenvalue weighted by atomic mass is 32.2. The lowest BCUT2D eigenvalue weighted by Crippen LogP contribution is -2.15. The number of fused-ring (bicyclic) bond motifs is 1. The maximum absolute atomic E-state index is 14.0. The number of allylic oxidation sites excluding steroid dienone is 1. The van der Waals surface area contributed by atoms with E-state index in [9.17, 15) is 22.2 Å². The fraction of sp³-hybridized carbons (Fsp3) is 0.0800.